The molecule has 0 saturated carbocycles. The van der Waals surface area contributed by atoms with Gasteiger partial charge in [0.15, 0.2) is 5.78 Å². The lowest BCUT2D eigenvalue weighted by Gasteiger charge is -2.18. The fraction of sp³-hybridized carbons (Fsp3) is 0.381. The number of benzene rings is 2. The van der Waals surface area contributed by atoms with Gasteiger partial charge in [0.25, 0.3) is 0 Å². The molecule has 0 atom stereocenters. The highest BCUT2D eigenvalue weighted by Gasteiger charge is 2.29. The number of rotatable bonds is 12. The number of carbonyl (C=O) groups excluding carboxylic acids is 1. The number of hydrogen-bond donors (Lipinski definition) is 2. The molecule has 0 spiro atoms. The van der Waals surface area contributed by atoms with Crippen molar-refractivity contribution in [2.45, 2.75) is 26.7 Å². The van der Waals surface area contributed by atoms with E-state index in [-0.39, 0.29) is 53.7 Å². The van der Waals surface area contributed by atoms with Gasteiger partial charge in [0.1, 0.15) is 16.8 Å². The molecular formula is C21H28O9P2. The summed E-state index contributed by atoms with van der Waals surface area (Å²) in [5, 5.41) is 20.6. The van der Waals surface area contributed by atoms with E-state index in [0.29, 0.717) is 5.56 Å². The first-order chi connectivity index (χ1) is 15.1. The summed E-state index contributed by atoms with van der Waals surface area (Å²) in [7, 11) is -4.80. The van der Waals surface area contributed by atoms with Gasteiger partial charge in [-0.3, -0.25) is 13.9 Å². The van der Waals surface area contributed by atoms with Crippen LogP contribution >= 0.6 is 15.2 Å². The van der Waals surface area contributed by atoms with Crippen LogP contribution in [-0.2, 0) is 33.6 Å². The molecule has 2 aromatic carbocycles. The molecule has 9 nitrogen and oxygen atoms in total. The molecule has 11 heteroatoms. The van der Waals surface area contributed by atoms with E-state index in [1.807, 2.05) is 0 Å². The molecule has 0 bridgehead atoms. The summed E-state index contributed by atoms with van der Waals surface area (Å²) < 4.78 is 45.8. The number of hydrogen-bond acceptors (Lipinski definition) is 9. The molecule has 0 aromatic heterocycles. The van der Waals surface area contributed by atoms with Crippen molar-refractivity contribution in [3.05, 3.63) is 47.5 Å². The van der Waals surface area contributed by atoms with Crippen LogP contribution < -0.4 is 10.6 Å². The molecule has 2 N–H and O–H groups in total. The third kappa shape index (κ3) is 5.87. The van der Waals surface area contributed by atoms with E-state index in [2.05, 4.69) is 0 Å². The molecule has 2 aromatic rings. The van der Waals surface area contributed by atoms with Crippen molar-refractivity contribution in [1.29, 1.82) is 0 Å². The van der Waals surface area contributed by atoms with Gasteiger partial charge in [-0.1, -0.05) is 6.07 Å². The van der Waals surface area contributed by atoms with Crippen molar-refractivity contribution in [3.63, 3.8) is 0 Å². The molecule has 0 aliphatic carbocycles. The van der Waals surface area contributed by atoms with Crippen molar-refractivity contribution >= 4 is 31.6 Å². The SMILES string of the molecule is CCOP(=O)(OCC)c1ccc(O)c(C(=O)CCc2ccc(P(=O)(OC)OC)c(O)c2)c1. The van der Waals surface area contributed by atoms with E-state index in [4.69, 9.17) is 18.1 Å². The number of aryl methyl sites for hydroxylation is 1. The van der Waals surface area contributed by atoms with E-state index in [1.54, 1.807) is 19.9 Å². The van der Waals surface area contributed by atoms with Gasteiger partial charge in [0.05, 0.1) is 24.1 Å². The highest BCUT2D eigenvalue weighted by atomic mass is 31.2. The number of carbonyl (C=O) groups is 1. The van der Waals surface area contributed by atoms with Crippen LogP contribution in [0.3, 0.4) is 0 Å². The highest BCUT2D eigenvalue weighted by Crippen LogP contribution is 2.48. The smallest absolute Gasteiger partial charge is 0.364 e. The number of phenolic OH excluding ortho intramolecular Hbond substituents is 2. The maximum Gasteiger partial charge on any atom is 0.364 e. The van der Waals surface area contributed by atoms with Gasteiger partial charge in [0, 0.05) is 20.6 Å². The lowest BCUT2D eigenvalue weighted by Crippen LogP contribution is -2.13. The Morgan fingerprint density at radius 2 is 1.50 bits per heavy atom. The molecule has 0 aliphatic rings. The zero-order valence-electron chi connectivity index (χ0n) is 18.4. The molecule has 0 heterocycles. The zero-order chi connectivity index (χ0) is 23.9. The van der Waals surface area contributed by atoms with E-state index in [1.165, 1.54) is 44.6 Å². The second-order valence-electron chi connectivity index (χ2n) is 6.64. The van der Waals surface area contributed by atoms with Crippen LogP contribution in [0.1, 0.15) is 36.2 Å². The molecular weight excluding hydrogens is 458 g/mol. The number of phenols is 2. The molecule has 0 unspecified atom stereocenters. The van der Waals surface area contributed by atoms with Crippen LogP contribution in [0.15, 0.2) is 36.4 Å². The second kappa shape index (κ2) is 11.2. The van der Waals surface area contributed by atoms with Crippen LogP contribution in [0.2, 0.25) is 0 Å². The van der Waals surface area contributed by atoms with Gasteiger partial charge in [-0.05, 0) is 56.2 Å². The Hall–Kier alpha value is -1.99. The van der Waals surface area contributed by atoms with Crippen molar-refractivity contribution in [1.82, 2.24) is 0 Å². The summed E-state index contributed by atoms with van der Waals surface area (Å²) >= 11 is 0. The Morgan fingerprint density at radius 3 is 2.03 bits per heavy atom. The van der Waals surface area contributed by atoms with E-state index in [9.17, 15) is 24.1 Å². The van der Waals surface area contributed by atoms with Crippen LogP contribution in [0.25, 0.3) is 0 Å². The monoisotopic (exact) mass is 486 g/mol. The molecule has 0 radical (unpaired) electrons. The minimum Gasteiger partial charge on any atom is -0.507 e. The molecule has 0 aliphatic heterocycles. The minimum absolute atomic E-state index is 0.00438. The summed E-state index contributed by atoms with van der Waals surface area (Å²) in [5.41, 5.74) is 0.592. The Balaban J connectivity index is 2.22. The van der Waals surface area contributed by atoms with Gasteiger partial charge in [-0.15, -0.1) is 0 Å². The van der Waals surface area contributed by atoms with Gasteiger partial charge in [-0.2, -0.15) is 0 Å². The van der Waals surface area contributed by atoms with E-state index >= 15 is 0 Å². The molecule has 176 valence electrons. The minimum atomic E-state index is -3.62. The van der Waals surface area contributed by atoms with Crippen molar-refractivity contribution < 1.29 is 42.2 Å². The summed E-state index contributed by atoms with van der Waals surface area (Å²) in [6.07, 6.45) is 0.227. The Bertz CT molecular complexity index is 1030. The highest BCUT2D eigenvalue weighted by molar-refractivity contribution is 7.62. The maximum atomic E-state index is 13.0. The van der Waals surface area contributed by atoms with Crippen LogP contribution in [-0.4, -0.2) is 43.4 Å². The predicted octanol–water partition coefficient (Wildman–Crippen LogP) is 3.92. The number of aromatic hydroxyl groups is 2. The first-order valence-electron chi connectivity index (χ1n) is 9.94. The van der Waals surface area contributed by atoms with Gasteiger partial charge in [0.2, 0.25) is 0 Å². The lowest BCUT2D eigenvalue weighted by molar-refractivity contribution is 0.0980. The molecule has 0 amide bonds. The molecule has 2 rings (SSSR count). The number of Topliss-reactive ketones (excluding diaryl/α,β-unsaturated/α-hetero) is 1. The average molecular weight is 486 g/mol. The standard InChI is InChI=1S/C21H28O9P2/c1-5-29-31(25,30-6-2)16-9-11-19(23)17(14-16)18(22)10-7-15-8-12-21(20(24)13-15)32(26,27-3)28-4/h8-9,11-14,23-24H,5-7,10H2,1-4H3. The fourth-order valence-electron chi connectivity index (χ4n) is 3.06. The van der Waals surface area contributed by atoms with Crippen molar-refractivity contribution in [2.24, 2.45) is 0 Å². The summed E-state index contributed by atoms with van der Waals surface area (Å²) in [6.45, 7) is 3.66. The van der Waals surface area contributed by atoms with Gasteiger partial charge < -0.3 is 28.3 Å². The Kier molecular flexibility index (Phi) is 9.22. The first kappa shape index (κ1) is 26.3. The van der Waals surface area contributed by atoms with Crippen LogP contribution in [0, 0.1) is 0 Å². The Morgan fingerprint density at radius 1 is 0.875 bits per heavy atom. The zero-order valence-corrected chi connectivity index (χ0v) is 20.2. The predicted molar refractivity (Wildman–Crippen MR) is 121 cm³/mol. The molecule has 0 saturated heterocycles. The molecule has 32 heavy (non-hydrogen) atoms. The third-order valence-corrected chi connectivity index (χ3v) is 8.69. The summed E-state index contributed by atoms with van der Waals surface area (Å²) in [4.78, 5) is 12.8. The average Bonchev–Trinajstić information content (AvgIpc) is 2.77. The van der Waals surface area contributed by atoms with Gasteiger partial charge >= 0.3 is 15.2 Å². The van der Waals surface area contributed by atoms with Gasteiger partial charge in [-0.25, -0.2) is 0 Å². The normalized spacial score (nSPS) is 12.1. The Labute approximate surface area is 187 Å². The van der Waals surface area contributed by atoms with Crippen molar-refractivity contribution in [2.75, 3.05) is 27.4 Å². The lowest BCUT2D eigenvalue weighted by atomic mass is 10.0. The molecule has 0 fully saturated rings. The second-order valence-corrected chi connectivity index (χ2v) is 10.9. The van der Waals surface area contributed by atoms with Crippen molar-refractivity contribution in [3.8, 4) is 11.5 Å². The summed E-state index contributed by atoms with van der Waals surface area (Å²) in [6, 6.07) is 8.39. The fourth-order valence-corrected chi connectivity index (χ4v) is 5.81. The topological polar surface area (TPSA) is 129 Å². The number of ketones is 1. The van der Waals surface area contributed by atoms with Crippen LogP contribution in [0.5, 0.6) is 11.5 Å². The van der Waals surface area contributed by atoms with Crippen LogP contribution in [0.4, 0.5) is 0 Å². The summed E-state index contributed by atoms with van der Waals surface area (Å²) in [5.74, 6) is -0.925. The van der Waals surface area contributed by atoms with E-state index < -0.39 is 21.0 Å². The quantitative estimate of drug-likeness (QED) is 0.339. The third-order valence-electron chi connectivity index (χ3n) is 4.65. The first-order valence-corrected chi connectivity index (χ1v) is 13.0. The van der Waals surface area contributed by atoms with E-state index in [0.717, 1.165) is 0 Å². The largest absolute Gasteiger partial charge is 0.507 e. The maximum absolute atomic E-state index is 13.0.